The van der Waals surface area contributed by atoms with Crippen LogP contribution in [0.4, 0.5) is 0 Å². The smallest absolute Gasteiger partial charge is 0.157 e. The number of rotatable bonds is 5. The molecule has 1 aliphatic heterocycles. The van der Waals surface area contributed by atoms with Crippen molar-refractivity contribution in [3.8, 4) is 0 Å². The molecule has 0 aromatic rings. The van der Waals surface area contributed by atoms with Gasteiger partial charge >= 0.3 is 0 Å². The maximum Gasteiger partial charge on any atom is 0.157 e. The summed E-state index contributed by atoms with van der Waals surface area (Å²) in [6.45, 7) is 4.86. The number of ether oxygens (including phenoxy) is 2. The lowest BCUT2D eigenvalue weighted by Gasteiger charge is -2.10. The highest BCUT2D eigenvalue weighted by Crippen LogP contribution is 2.11. The molecule has 74 valence electrons. The fourth-order valence-corrected chi connectivity index (χ4v) is 1.18. The van der Waals surface area contributed by atoms with Crippen LogP contribution in [0.1, 0.15) is 12.8 Å². The summed E-state index contributed by atoms with van der Waals surface area (Å²) in [5.74, 6) is 0. The molecule has 0 saturated carbocycles. The summed E-state index contributed by atoms with van der Waals surface area (Å²) in [6.07, 6.45) is 5.95. The standard InChI is InChI=1S/C10H16O3/c1-2-3-4-9(11)5-6-10-12-7-8-13-10/h2-4,9-11H,1,5-8H2/b4-3+. The van der Waals surface area contributed by atoms with E-state index in [0.717, 1.165) is 6.42 Å². The summed E-state index contributed by atoms with van der Waals surface area (Å²) in [5.41, 5.74) is 0. The zero-order chi connectivity index (χ0) is 9.52. The normalized spacial score (nSPS) is 21.0. The van der Waals surface area contributed by atoms with Crippen molar-refractivity contribution in [2.45, 2.75) is 25.2 Å². The van der Waals surface area contributed by atoms with Crippen LogP contribution in [0.25, 0.3) is 0 Å². The molecule has 1 N–H and O–H groups in total. The van der Waals surface area contributed by atoms with Crippen molar-refractivity contribution in [1.29, 1.82) is 0 Å². The molecule has 0 radical (unpaired) electrons. The molecule has 1 unspecified atom stereocenters. The third kappa shape index (κ3) is 4.22. The molecule has 1 aliphatic rings. The highest BCUT2D eigenvalue weighted by molar-refractivity contribution is 5.00. The summed E-state index contributed by atoms with van der Waals surface area (Å²) in [6, 6.07) is 0. The fraction of sp³-hybridized carbons (Fsp3) is 0.600. The predicted molar refractivity (Wildman–Crippen MR) is 50.3 cm³/mol. The maximum absolute atomic E-state index is 9.39. The molecule has 0 aliphatic carbocycles. The van der Waals surface area contributed by atoms with Crippen LogP contribution in [-0.4, -0.2) is 30.7 Å². The summed E-state index contributed by atoms with van der Waals surface area (Å²) in [4.78, 5) is 0. The van der Waals surface area contributed by atoms with E-state index in [0.29, 0.717) is 19.6 Å². The van der Waals surface area contributed by atoms with Gasteiger partial charge in [-0.2, -0.15) is 0 Å². The lowest BCUT2D eigenvalue weighted by molar-refractivity contribution is -0.0521. The van der Waals surface area contributed by atoms with Gasteiger partial charge in [-0.15, -0.1) is 0 Å². The zero-order valence-electron chi connectivity index (χ0n) is 7.69. The average molecular weight is 184 g/mol. The van der Waals surface area contributed by atoms with Crippen LogP contribution in [0.2, 0.25) is 0 Å². The fourth-order valence-electron chi connectivity index (χ4n) is 1.18. The third-order valence-corrected chi connectivity index (χ3v) is 1.86. The van der Waals surface area contributed by atoms with Gasteiger partial charge in [0.15, 0.2) is 6.29 Å². The second kappa shape index (κ2) is 5.91. The lowest BCUT2D eigenvalue weighted by Crippen LogP contribution is -2.12. The molecule has 1 saturated heterocycles. The molecule has 1 rings (SSSR count). The summed E-state index contributed by atoms with van der Waals surface area (Å²) in [5, 5.41) is 9.39. The maximum atomic E-state index is 9.39. The minimum absolute atomic E-state index is 0.119. The second-order valence-electron chi connectivity index (χ2n) is 2.94. The first-order valence-electron chi connectivity index (χ1n) is 4.53. The molecule has 1 fully saturated rings. The van der Waals surface area contributed by atoms with Crippen molar-refractivity contribution in [1.82, 2.24) is 0 Å². The number of aliphatic hydroxyl groups is 1. The minimum Gasteiger partial charge on any atom is -0.389 e. The summed E-state index contributed by atoms with van der Waals surface area (Å²) >= 11 is 0. The SMILES string of the molecule is C=C/C=C/C(O)CCC1OCCO1. The van der Waals surface area contributed by atoms with Crippen LogP contribution < -0.4 is 0 Å². The second-order valence-corrected chi connectivity index (χ2v) is 2.94. The molecular formula is C10H16O3. The molecule has 13 heavy (non-hydrogen) atoms. The molecule has 0 bridgehead atoms. The quantitative estimate of drug-likeness (QED) is 0.653. The molecule has 0 amide bonds. The van der Waals surface area contributed by atoms with Crippen molar-refractivity contribution in [2.24, 2.45) is 0 Å². The number of allylic oxidation sites excluding steroid dienone is 2. The van der Waals surface area contributed by atoms with E-state index < -0.39 is 6.10 Å². The van der Waals surface area contributed by atoms with Gasteiger partial charge in [-0.3, -0.25) is 0 Å². The van der Waals surface area contributed by atoms with Crippen molar-refractivity contribution in [2.75, 3.05) is 13.2 Å². The van der Waals surface area contributed by atoms with Crippen molar-refractivity contribution >= 4 is 0 Å². The van der Waals surface area contributed by atoms with E-state index in [1.54, 1.807) is 18.2 Å². The van der Waals surface area contributed by atoms with Crippen molar-refractivity contribution in [3.05, 3.63) is 24.8 Å². The monoisotopic (exact) mass is 184 g/mol. The lowest BCUT2D eigenvalue weighted by atomic mass is 10.2. The molecule has 1 heterocycles. The van der Waals surface area contributed by atoms with Crippen LogP contribution in [0, 0.1) is 0 Å². The van der Waals surface area contributed by atoms with Gasteiger partial charge in [0.1, 0.15) is 0 Å². The highest BCUT2D eigenvalue weighted by atomic mass is 16.7. The van der Waals surface area contributed by atoms with Crippen molar-refractivity contribution < 1.29 is 14.6 Å². The van der Waals surface area contributed by atoms with Crippen molar-refractivity contribution in [3.63, 3.8) is 0 Å². The average Bonchev–Trinajstić information content (AvgIpc) is 2.64. The van der Waals surface area contributed by atoms with Crippen LogP contribution >= 0.6 is 0 Å². The molecule has 3 nitrogen and oxygen atoms in total. The third-order valence-electron chi connectivity index (χ3n) is 1.86. The topological polar surface area (TPSA) is 38.7 Å². The Morgan fingerprint density at radius 1 is 1.46 bits per heavy atom. The van der Waals surface area contributed by atoms with Gasteiger partial charge in [0, 0.05) is 6.42 Å². The molecule has 3 heteroatoms. The van der Waals surface area contributed by atoms with Gasteiger partial charge in [0.2, 0.25) is 0 Å². The van der Waals surface area contributed by atoms with Gasteiger partial charge < -0.3 is 14.6 Å². The van der Waals surface area contributed by atoms with E-state index in [2.05, 4.69) is 6.58 Å². The van der Waals surface area contributed by atoms with Gasteiger partial charge in [-0.25, -0.2) is 0 Å². The largest absolute Gasteiger partial charge is 0.389 e. The first-order valence-corrected chi connectivity index (χ1v) is 4.53. The zero-order valence-corrected chi connectivity index (χ0v) is 7.69. The predicted octanol–water partition coefficient (Wildman–Crippen LogP) is 1.24. The first-order chi connectivity index (χ1) is 6.33. The van der Waals surface area contributed by atoms with Gasteiger partial charge in [-0.05, 0) is 6.42 Å². The van der Waals surface area contributed by atoms with Gasteiger partial charge in [0.25, 0.3) is 0 Å². The molecule has 0 spiro atoms. The Morgan fingerprint density at radius 3 is 2.77 bits per heavy atom. The van der Waals surface area contributed by atoms with Crippen LogP contribution in [-0.2, 0) is 9.47 Å². The van der Waals surface area contributed by atoms with Crippen LogP contribution in [0.3, 0.4) is 0 Å². The Balaban J connectivity index is 2.09. The van der Waals surface area contributed by atoms with E-state index in [1.807, 2.05) is 0 Å². The van der Waals surface area contributed by atoms with E-state index in [-0.39, 0.29) is 6.29 Å². The van der Waals surface area contributed by atoms with E-state index in [4.69, 9.17) is 9.47 Å². The molecule has 0 aromatic heterocycles. The van der Waals surface area contributed by atoms with E-state index in [9.17, 15) is 5.11 Å². The Morgan fingerprint density at radius 2 is 2.15 bits per heavy atom. The van der Waals surface area contributed by atoms with E-state index >= 15 is 0 Å². The van der Waals surface area contributed by atoms with E-state index in [1.165, 1.54) is 0 Å². The number of hydrogen-bond acceptors (Lipinski definition) is 3. The highest BCUT2D eigenvalue weighted by Gasteiger charge is 2.16. The molecular weight excluding hydrogens is 168 g/mol. The summed E-state index contributed by atoms with van der Waals surface area (Å²) < 4.78 is 10.5. The van der Waals surface area contributed by atoms with Crippen LogP contribution in [0.5, 0.6) is 0 Å². The van der Waals surface area contributed by atoms with Gasteiger partial charge in [0.05, 0.1) is 19.3 Å². The molecule has 1 atom stereocenters. The summed E-state index contributed by atoms with van der Waals surface area (Å²) in [7, 11) is 0. The number of aliphatic hydroxyl groups excluding tert-OH is 1. The van der Waals surface area contributed by atoms with Crippen LogP contribution in [0.15, 0.2) is 24.8 Å². The Kier molecular flexibility index (Phi) is 4.75. The number of hydrogen-bond donors (Lipinski definition) is 1. The first kappa shape index (κ1) is 10.4. The Labute approximate surface area is 78.7 Å². The van der Waals surface area contributed by atoms with Gasteiger partial charge in [-0.1, -0.05) is 24.8 Å². The Bertz CT molecular complexity index is 171. The minimum atomic E-state index is -0.425. The molecule has 0 aromatic carbocycles. The Hall–Kier alpha value is -0.640.